The van der Waals surface area contributed by atoms with E-state index in [0.29, 0.717) is 12.6 Å². The standard InChI is InChI=1S/C15H18ClNOS/c1-3-18-13-6-4-12(5-7-13)10-17-11(2)14-8-9-15(16)19-14/h4-9,11,17H,3,10H2,1-2H3. The summed E-state index contributed by atoms with van der Waals surface area (Å²) in [6.07, 6.45) is 0. The third-order valence-electron chi connectivity index (χ3n) is 2.87. The zero-order valence-electron chi connectivity index (χ0n) is 11.2. The number of benzene rings is 1. The van der Waals surface area contributed by atoms with Crippen LogP contribution >= 0.6 is 22.9 Å². The quantitative estimate of drug-likeness (QED) is 0.837. The Morgan fingerprint density at radius 3 is 2.53 bits per heavy atom. The molecule has 0 amide bonds. The highest BCUT2D eigenvalue weighted by atomic mass is 35.5. The van der Waals surface area contributed by atoms with Crippen LogP contribution in [-0.4, -0.2) is 6.61 Å². The molecule has 4 heteroatoms. The molecule has 19 heavy (non-hydrogen) atoms. The molecule has 0 bridgehead atoms. The lowest BCUT2D eigenvalue weighted by molar-refractivity contribution is 0.340. The van der Waals surface area contributed by atoms with Crippen molar-refractivity contribution in [1.82, 2.24) is 5.32 Å². The first kappa shape index (κ1) is 14.4. The largest absolute Gasteiger partial charge is 0.494 e. The van der Waals surface area contributed by atoms with E-state index in [1.807, 2.05) is 25.1 Å². The minimum Gasteiger partial charge on any atom is -0.494 e. The second kappa shape index (κ2) is 6.94. The minimum atomic E-state index is 0.309. The van der Waals surface area contributed by atoms with Gasteiger partial charge in [0.25, 0.3) is 0 Å². The molecule has 0 spiro atoms. The predicted octanol–water partition coefficient (Wildman–Crippen LogP) is 4.65. The van der Waals surface area contributed by atoms with E-state index in [0.717, 1.165) is 16.6 Å². The first-order chi connectivity index (χ1) is 9.19. The van der Waals surface area contributed by atoms with E-state index in [-0.39, 0.29) is 0 Å². The Morgan fingerprint density at radius 2 is 1.95 bits per heavy atom. The third-order valence-corrected chi connectivity index (χ3v) is 4.28. The second-order valence-corrected chi connectivity index (χ2v) is 6.07. The summed E-state index contributed by atoms with van der Waals surface area (Å²) in [5.74, 6) is 0.921. The fraction of sp³-hybridized carbons (Fsp3) is 0.333. The fourth-order valence-corrected chi connectivity index (χ4v) is 2.89. The van der Waals surface area contributed by atoms with Crippen LogP contribution in [0.25, 0.3) is 0 Å². The SMILES string of the molecule is CCOc1ccc(CNC(C)c2ccc(Cl)s2)cc1. The van der Waals surface area contributed by atoms with Crippen molar-refractivity contribution in [3.63, 3.8) is 0 Å². The molecule has 102 valence electrons. The second-order valence-electron chi connectivity index (χ2n) is 4.32. The summed E-state index contributed by atoms with van der Waals surface area (Å²) < 4.78 is 6.26. The lowest BCUT2D eigenvalue weighted by Crippen LogP contribution is -2.17. The summed E-state index contributed by atoms with van der Waals surface area (Å²) in [6.45, 7) is 5.68. The monoisotopic (exact) mass is 295 g/mol. The first-order valence-electron chi connectivity index (χ1n) is 6.39. The molecule has 2 nitrogen and oxygen atoms in total. The molecule has 1 unspecified atom stereocenters. The molecule has 2 aromatic rings. The molecule has 0 saturated carbocycles. The molecule has 2 rings (SSSR count). The Kier molecular flexibility index (Phi) is 5.25. The number of rotatable bonds is 6. The number of hydrogen-bond donors (Lipinski definition) is 1. The van der Waals surface area contributed by atoms with Crippen LogP contribution in [0.5, 0.6) is 5.75 Å². The van der Waals surface area contributed by atoms with Gasteiger partial charge in [0.2, 0.25) is 0 Å². The molecular formula is C15H18ClNOS. The number of ether oxygens (including phenoxy) is 1. The van der Waals surface area contributed by atoms with Crippen molar-refractivity contribution >= 4 is 22.9 Å². The summed E-state index contributed by atoms with van der Waals surface area (Å²) in [7, 11) is 0. The molecule has 1 aromatic heterocycles. The van der Waals surface area contributed by atoms with Gasteiger partial charge in [0.1, 0.15) is 5.75 Å². The Bertz CT molecular complexity index is 509. The molecular weight excluding hydrogens is 278 g/mol. The molecule has 1 atom stereocenters. The predicted molar refractivity (Wildman–Crippen MR) is 82.2 cm³/mol. The number of thiophene rings is 1. The van der Waals surface area contributed by atoms with Gasteiger partial charge in [0.05, 0.1) is 10.9 Å². The molecule has 0 fully saturated rings. The van der Waals surface area contributed by atoms with E-state index in [9.17, 15) is 0 Å². The van der Waals surface area contributed by atoms with Gasteiger partial charge in [-0.3, -0.25) is 0 Å². The van der Waals surface area contributed by atoms with Crippen molar-refractivity contribution < 1.29 is 4.74 Å². The maximum atomic E-state index is 5.95. The third kappa shape index (κ3) is 4.23. The van der Waals surface area contributed by atoms with Crippen molar-refractivity contribution in [1.29, 1.82) is 0 Å². The van der Waals surface area contributed by atoms with E-state index in [2.05, 4.69) is 30.4 Å². The first-order valence-corrected chi connectivity index (χ1v) is 7.59. The van der Waals surface area contributed by atoms with E-state index in [1.165, 1.54) is 10.4 Å². The van der Waals surface area contributed by atoms with Crippen LogP contribution < -0.4 is 10.1 Å². The Hall–Kier alpha value is -1.03. The van der Waals surface area contributed by atoms with Crippen LogP contribution in [0.1, 0.15) is 30.3 Å². The van der Waals surface area contributed by atoms with Crippen LogP contribution in [-0.2, 0) is 6.54 Å². The summed E-state index contributed by atoms with van der Waals surface area (Å²) in [5, 5.41) is 3.49. The Morgan fingerprint density at radius 1 is 1.21 bits per heavy atom. The number of hydrogen-bond acceptors (Lipinski definition) is 3. The summed E-state index contributed by atoms with van der Waals surface area (Å²) >= 11 is 7.57. The highest BCUT2D eigenvalue weighted by Gasteiger charge is 2.07. The van der Waals surface area contributed by atoms with Crippen molar-refractivity contribution in [2.24, 2.45) is 0 Å². The van der Waals surface area contributed by atoms with Crippen LogP contribution in [0.4, 0.5) is 0 Å². The molecule has 0 aliphatic heterocycles. The zero-order chi connectivity index (χ0) is 13.7. The lowest BCUT2D eigenvalue weighted by atomic mass is 10.2. The van der Waals surface area contributed by atoms with Crippen LogP contribution in [0.2, 0.25) is 4.34 Å². The molecule has 0 aliphatic rings. The van der Waals surface area contributed by atoms with Crippen molar-refractivity contribution in [2.45, 2.75) is 26.4 Å². The summed E-state index contributed by atoms with van der Waals surface area (Å²) in [5.41, 5.74) is 1.25. The van der Waals surface area contributed by atoms with E-state index in [1.54, 1.807) is 11.3 Å². The van der Waals surface area contributed by atoms with Crippen LogP contribution in [0, 0.1) is 0 Å². The lowest BCUT2D eigenvalue weighted by Gasteiger charge is -2.12. The van der Waals surface area contributed by atoms with Crippen LogP contribution in [0.3, 0.4) is 0 Å². The molecule has 0 radical (unpaired) electrons. The van der Waals surface area contributed by atoms with Gasteiger partial charge in [-0.15, -0.1) is 11.3 Å². The topological polar surface area (TPSA) is 21.3 Å². The minimum absolute atomic E-state index is 0.309. The van der Waals surface area contributed by atoms with Gasteiger partial charge in [0, 0.05) is 17.5 Å². The molecule has 1 heterocycles. The Balaban J connectivity index is 1.87. The Labute approximate surface area is 123 Å². The normalized spacial score (nSPS) is 12.4. The average molecular weight is 296 g/mol. The van der Waals surface area contributed by atoms with E-state index < -0.39 is 0 Å². The molecule has 1 N–H and O–H groups in total. The highest BCUT2D eigenvalue weighted by molar-refractivity contribution is 7.16. The summed E-state index contributed by atoms with van der Waals surface area (Å²) in [4.78, 5) is 1.26. The van der Waals surface area contributed by atoms with Crippen molar-refractivity contribution in [3.05, 3.63) is 51.2 Å². The van der Waals surface area contributed by atoms with E-state index in [4.69, 9.17) is 16.3 Å². The molecule has 1 aromatic carbocycles. The molecule has 0 saturated heterocycles. The van der Waals surface area contributed by atoms with Gasteiger partial charge in [-0.2, -0.15) is 0 Å². The van der Waals surface area contributed by atoms with Gasteiger partial charge in [0.15, 0.2) is 0 Å². The van der Waals surface area contributed by atoms with Gasteiger partial charge in [-0.05, 0) is 43.7 Å². The number of nitrogens with one attached hydrogen (secondary N) is 1. The van der Waals surface area contributed by atoms with Crippen molar-refractivity contribution in [2.75, 3.05) is 6.61 Å². The molecule has 0 aliphatic carbocycles. The number of halogens is 1. The average Bonchev–Trinajstić information content (AvgIpc) is 2.85. The summed E-state index contributed by atoms with van der Waals surface area (Å²) in [6, 6.07) is 12.5. The van der Waals surface area contributed by atoms with Crippen molar-refractivity contribution in [3.8, 4) is 5.75 Å². The maximum absolute atomic E-state index is 5.95. The van der Waals surface area contributed by atoms with Crippen LogP contribution in [0.15, 0.2) is 36.4 Å². The van der Waals surface area contributed by atoms with Gasteiger partial charge in [-0.25, -0.2) is 0 Å². The van der Waals surface area contributed by atoms with Gasteiger partial charge in [-0.1, -0.05) is 23.7 Å². The smallest absolute Gasteiger partial charge is 0.119 e. The van der Waals surface area contributed by atoms with E-state index >= 15 is 0 Å². The fourth-order valence-electron chi connectivity index (χ4n) is 1.80. The zero-order valence-corrected chi connectivity index (χ0v) is 12.7. The highest BCUT2D eigenvalue weighted by Crippen LogP contribution is 2.26. The van der Waals surface area contributed by atoms with Gasteiger partial charge >= 0.3 is 0 Å². The van der Waals surface area contributed by atoms with Gasteiger partial charge < -0.3 is 10.1 Å². The maximum Gasteiger partial charge on any atom is 0.119 e.